The molecule has 1 aromatic rings. The average molecular weight is 250 g/mol. The fourth-order valence-corrected chi connectivity index (χ4v) is 1.40. The molecule has 0 heterocycles. The van der Waals surface area contributed by atoms with Crippen LogP contribution in [-0.2, 0) is 20.7 Å². The molecular weight excluding hydrogens is 232 g/mol. The van der Waals surface area contributed by atoms with Gasteiger partial charge in [0.2, 0.25) is 5.91 Å². The van der Waals surface area contributed by atoms with Crippen molar-refractivity contribution in [1.29, 1.82) is 0 Å². The maximum atomic E-state index is 11.5. The molecule has 2 N–H and O–H groups in total. The summed E-state index contributed by atoms with van der Waals surface area (Å²) >= 11 is 0. The van der Waals surface area contributed by atoms with Crippen LogP contribution in [0.3, 0.4) is 0 Å². The van der Waals surface area contributed by atoms with E-state index in [1.807, 2.05) is 6.07 Å². The Bertz CT molecular complexity index is 430. The number of esters is 1. The number of carbonyl (C=O) groups excluding carboxylic acids is 2. The van der Waals surface area contributed by atoms with Crippen LogP contribution in [0.4, 0.5) is 5.69 Å². The third-order valence-corrected chi connectivity index (χ3v) is 2.38. The summed E-state index contributed by atoms with van der Waals surface area (Å²) in [6, 6.07) is 7.08. The van der Waals surface area contributed by atoms with Crippen molar-refractivity contribution in [2.75, 3.05) is 26.4 Å². The molecule has 0 radical (unpaired) electrons. The highest BCUT2D eigenvalue weighted by atomic mass is 16.5. The molecule has 0 bridgehead atoms. The number of nitrogen functional groups attached to an aromatic ring is 1. The number of anilines is 1. The van der Waals surface area contributed by atoms with E-state index in [2.05, 4.69) is 0 Å². The van der Waals surface area contributed by atoms with E-state index < -0.39 is 0 Å². The Balaban J connectivity index is 2.32. The van der Waals surface area contributed by atoms with Gasteiger partial charge in [0.05, 0.1) is 12.8 Å². The maximum Gasteiger partial charge on any atom is 0.310 e. The molecule has 0 aliphatic carbocycles. The van der Waals surface area contributed by atoms with Gasteiger partial charge in [-0.1, -0.05) is 12.1 Å². The van der Waals surface area contributed by atoms with Gasteiger partial charge >= 0.3 is 5.97 Å². The molecule has 0 spiro atoms. The monoisotopic (exact) mass is 250 g/mol. The predicted molar refractivity (Wildman–Crippen MR) is 68.8 cm³/mol. The minimum Gasteiger partial charge on any atom is -0.465 e. The van der Waals surface area contributed by atoms with Crippen molar-refractivity contribution in [1.82, 2.24) is 4.90 Å². The van der Waals surface area contributed by atoms with Crippen LogP contribution in [0.1, 0.15) is 12.0 Å². The van der Waals surface area contributed by atoms with Crippen LogP contribution in [0.5, 0.6) is 0 Å². The quantitative estimate of drug-likeness (QED) is 0.620. The first-order valence-electron chi connectivity index (χ1n) is 5.69. The summed E-state index contributed by atoms with van der Waals surface area (Å²) in [5, 5.41) is 0. The number of hydrogen-bond acceptors (Lipinski definition) is 4. The van der Waals surface area contributed by atoms with Crippen LogP contribution in [0, 0.1) is 0 Å². The van der Waals surface area contributed by atoms with Gasteiger partial charge in [-0.3, -0.25) is 9.59 Å². The van der Waals surface area contributed by atoms with Gasteiger partial charge in [-0.15, -0.1) is 0 Å². The Hall–Kier alpha value is -2.04. The minimum absolute atomic E-state index is 0.0632. The first-order valence-corrected chi connectivity index (χ1v) is 5.69. The van der Waals surface area contributed by atoms with Crippen LogP contribution in [-0.4, -0.2) is 37.5 Å². The minimum atomic E-state index is -0.354. The Morgan fingerprint density at radius 1 is 1.33 bits per heavy atom. The smallest absolute Gasteiger partial charge is 0.310 e. The standard InChI is InChI=1S/C13H18N2O3/c1-15(2)12(16)6-7-18-13(17)9-10-4-3-5-11(14)8-10/h3-5,8H,6-7,9,14H2,1-2H3. The third kappa shape index (κ3) is 4.86. The predicted octanol–water partition coefficient (Wildman–Crippen LogP) is 0.833. The fraction of sp³-hybridized carbons (Fsp3) is 0.385. The summed E-state index contributed by atoms with van der Waals surface area (Å²) in [6.45, 7) is 0.109. The van der Waals surface area contributed by atoms with Crippen LogP contribution >= 0.6 is 0 Å². The molecule has 0 saturated carbocycles. The normalized spacial score (nSPS) is 9.89. The molecule has 1 amide bonds. The third-order valence-electron chi connectivity index (χ3n) is 2.38. The van der Waals surface area contributed by atoms with Gasteiger partial charge in [-0.2, -0.15) is 0 Å². The van der Waals surface area contributed by atoms with E-state index in [4.69, 9.17) is 10.5 Å². The molecule has 0 saturated heterocycles. The van der Waals surface area contributed by atoms with Gasteiger partial charge in [-0.25, -0.2) is 0 Å². The molecule has 1 aromatic carbocycles. The highest BCUT2D eigenvalue weighted by Gasteiger charge is 2.08. The fourth-order valence-electron chi connectivity index (χ4n) is 1.40. The number of rotatable bonds is 5. The second-order valence-corrected chi connectivity index (χ2v) is 4.18. The summed E-state index contributed by atoms with van der Waals surface area (Å²) in [6.07, 6.45) is 0.372. The molecule has 5 nitrogen and oxygen atoms in total. The van der Waals surface area contributed by atoms with Gasteiger partial charge in [0.15, 0.2) is 0 Å². The van der Waals surface area contributed by atoms with Crippen molar-refractivity contribution in [3.8, 4) is 0 Å². The zero-order valence-corrected chi connectivity index (χ0v) is 10.7. The van der Waals surface area contributed by atoms with Crippen molar-refractivity contribution in [2.45, 2.75) is 12.8 Å². The van der Waals surface area contributed by atoms with Crippen molar-refractivity contribution >= 4 is 17.6 Å². The summed E-state index contributed by atoms with van der Waals surface area (Å²) in [5.74, 6) is -0.418. The summed E-state index contributed by atoms with van der Waals surface area (Å²) in [5.41, 5.74) is 7.02. The number of ether oxygens (including phenoxy) is 1. The zero-order chi connectivity index (χ0) is 13.5. The van der Waals surface area contributed by atoms with Crippen LogP contribution in [0.25, 0.3) is 0 Å². The van der Waals surface area contributed by atoms with E-state index in [9.17, 15) is 9.59 Å². The first-order chi connectivity index (χ1) is 8.49. The Kier molecular flexibility index (Phi) is 5.17. The molecule has 98 valence electrons. The van der Waals surface area contributed by atoms with E-state index in [-0.39, 0.29) is 31.3 Å². The summed E-state index contributed by atoms with van der Waals surface area (Å²) < 4.78 is 4.98. The molecular formula is C13H18N2O3. The lowest BCUT2D eigenvalue weighted by atomic mass is 10.1. The number of hydrogen-bond donors (Lipinski definition) is 1. The molecule has 18 heavy (non-hydrogen) atoms. The topological polar surface area (TPSA) is 72.6 Å². The van der Waals surface area contributed by atoms with E-state index >= 15 is 0 Å². The van der Waals surface area contributed by atoms with Gasteiger partial charge in [0.1, 0.15) is 6.61 Å². The molecule has 0 unspecified atom stereocenters. The average Bonchev–Trinajstić information content (AvgIpc) is 2.28. The second kappa shape index (κ2) is 6.64. The number of amides is 1. The molecule has 5 heteroatoms. The lowest BCUT2D eigenvalue weighted by Crippen LogP contribution is -2.23. The van der Waals surface area contributed by atoms with Crippen LogP contribution in [0.15, 0.2) is 24.3 Å². The highest BCUT2D eigenvalue weighted by molar-refractivity contribution is 5.76. The first kappa shape index (κ1) is 14.0. The molecule has 0 aliphatic heterocycles. The van der Waals surface area contributed by atoms with Crippen molar-refractivity contribution in [3.05, 3.63) is 29.8 Å². The number of nitrogens with zero attached hydrogens (tertiary/aromatic N) is 1. The Morgan fingerprint density at radius 3 is 2.67 bits per heavy atom. The molecule has 0 atom stereocenters. The summed E-state index contributed by atoms with van der Waals surface area (Å²) in [7, 11) is 3.33. The van der Waals surface area contributed by atoms with Crippen molar-refractivity contribution < 1.29 is 14.3 Å². The molecule has 0 fully saturated rings. The van der Waals surface area contributed by atoms with Gasteiger partial charge in [0, 0.05) is 19.8 Å². The van der Waals surface area contributed by atoms with Crippen molar-refractivity contribution in [2.24, 2.45) is 0 Å². The molecule has 1 rings (SSSR count). The van der Waals surface area contributed by atoms with Crippen molar-refractivity contribution in [3.63, 3.8) is 0 Å². The number of carbonyl (C=O) groups is 2. The lowest BCUT2D eigenvalue weighted by Gasteiger charge is -2.10. The maximum absolute atomic E-state index is 11.5. The molecule has 0 aromatic heterocycles. The zero-order valence-electron chi connectivity index (χ0n) is 10.7. The van der Waals surface area contributed by atoms with Crippen LogP contribution < -0.4 is 5.73 Å². The summed E-state index contributed by atoms with van der Waals surface area (Å²) in [4.78, 5) is 24.2. The number of benzene rings is 1. The van der Waals surface area contributed by atoms with Gasteiger partial charge in [0.25, 0.3) is 0 Å². The van der Waals surface area contributed by atoms with E-state index in [0.29, 0.717) is 5.69 Å². The van der Waals surface area contributed by atoms with Gasteiger partial charge in [-0.05, 0) is 17.7 Å². The van der Waals surface area contributed by atoms with E-state index in [1.54, 1.807) is 32.3 Å². The van der Waals surface area contributed by atoms with Gasteiger partial charge < -0.3 is 15.4 Å². The van der Waals surface area contributed by atoms with Crippen LogP contribution in [0.2, 0.25) is 0 Å². The molecule has 0 aliphatic rings. The Labute approximate surface area is 107 Å². The Morgan fingerprint density at radius 2 is 2.06 bits per heavy atom. The largest absolute Gasteiger partial charge is 0.465 e. The second-order valence-electron chi connectivity index (χ2n) is 4.18. The van der Waals surface area contributed by atoms with E-state index in [0.717, 1.165) is 5.56 Å². The lowest BCUT2D eigenvalue weighted by molar-refractivity contribution is -0.144. The number of nitrogens with two attached hydrogens (primary N) is 1. The highest BCUT2D eigenvalue weighted by Crippen LogP contribution is 2.07. The SMILES string of the molecule is CN(C)C(=O)CCOC(=O)Cc1cccc(N)c1. The van der Waals surface area contributed by atoms with E-state index in [1.165, 1.54) is 4.90 Å².